The SMILES string of the molecule is CCN(Cc1cccc(NC(=O)c2ccc(N3CCNC3=O)cc2)c1)C(C)=O. The Labute approximate surface area is 164 Å². The summed E-state index contributed by atoms with van der Waals surface area (Å²) in [5.41, 5.74) is 2.89. The Morgan fingerprint density at radius 3 is 2.54 bits per heavy atom. The van der Waals surface area contributed by atoms with Crippen molar-refractivity contribution in [3.63, 3.8) is 0 Å². The van der Waals surface area contributed by atoms with Crippen LogP contribution in [0.2, 0.25) is 0 Å². The Hall–Kier alpha value is -3.35. The molecule has 28 heavy (non-hydrogen) atoms. The van der Waals surface area contributed by atoms with Gasteiger partial charge in [-0.25, -0.2) is 4.79 Å². The van der Waals surface area contributed by atoms with Crippen LogP contribution in [0.4, 0.5) is 16.2 Å². The van der Waals surface area contributed by atoms with Crippen molar-refractivity contribution >= 4 is 29.2 Å². The minimum absolute atomic E-state index is 0.0173. The van der Waals surface area contributed by atoms with Crippen molar-refractivity contribution in [1.82, 2.24) is 10.2 Å². The topological polar surface area (TPSA) is 81.8 Å². The van der Waals surface area contributed by atoms with Crippen LogP contribution in [-0.4, -0.2) is 42.4 Å². The second kappa shape index (κ2) is 8.56. The van der Waals surface area contributed by atoms with Crippen LogP contribution in [0, 0.1) is 0 Å². The standard InChI is InChI=1S/C21H24N4O3/c1-3-24(15(2)26)14-16-5-4-6-18(13-16)23-20(27)17-7-9-19(10-8-17)25-12-11-22-21(25)28/h4-10,13H,3,11-12,14H2,1-2H3,(H,22,28)(H,23,27). The molecule has 146 valence electrons. The van der Waals surface area contributed by atoms with Gasteiger partial charge in [0, 0.05) is 50.0 Å². The van der Waals surface area contributed by atoms with E-state index in [-0.39, 0.29) is 17.8 Å². The fourth-order valence-corrected chi connectivity index (χ4v) is 3.13. The molecule has 4 amide bonds. The van der Waals surface area contributed by atoms with Crippen LogP contribution in [0.25, 0.3) is 0 Å². The third-order valence-corrected chi connectivity index (χ3v) is 4.68. The molecule has 0 bridgehead atoms. The van der Waals surface area contributed by atoms with E-state index in [1.807, 2.05) is 31.2 Å². The third-order valence-electron chi connectivity index (χ3n) is 4.68. The molecule has 1 aliphatic rings. The molecular weight excluding hydrogens is 356 g/mol. The first kappa shape index (κ1) is 19.4. The number of hydrogen-bond acceptors (Lipinski definition) is 3. The lowest BCUT2D eigenvalue weighted by Crippen LogP contribution is -2.27. The fourth-order valence-electron chi connectivity index (χ4n) is 3.13. The van der Waals surface area contributed by atoms with E-state index >= 15 is 0 Å². The number of carbonyl (C=O) groups is 3. The number of hydrogen-bond donors (Lipinski definition) is 2. The van der Waals surface area contributed by atoms with Gasteiger partial charge in [-0.1, -0.05) is 12.1 Å². The minimum Gasteiger partial charge on any atom is -0.339 e. The number of urea groups is 1. The van der Waals surface area contributed by atoms with Crippen molar-refractivity contribution in [3.05, 3.63) is 59.7 Å². The number of benzene rings is 2. The molecule has 3 rings (SSSR count). The molecular formula is C21H24N4O3. The maximum absolute atomic E-state index is 12.5. The van der Waals surface area contributed by atoms with Gasteiger partial charge in [-0.2, -0.15) is 0 Å². The summed E-state index contributed by atoms with van der Waals surface area (Å²) in [5.74, 6) is -0.211. The van der Waals surface area contributed by atoms with Crippen LogP contribution in [0.3, 0.4) is 0 Å². The van der Waals surface area contributed by atoms with Crippen LogP contribution in [0.5, 0.6) is 0 Å². The van der Waals surface area contributed by atoms with E-state index in [0.29, 0.717) is 37.4 Å². The number of nitrogens with one attached hydrogen (secondary N) is 2. The van der Waals surface area contributed by atoms with E-state index in [4.69, 9.17) is 0 Å². The highest BCUT2D eigenvalue weighted by molar-refractivity contribution is 6.04. The van der Waals surface area contributed by atoms with Crippen LogP contribution >= 0.6 is 0 Å². The quantitative estimate of drug-likeness (QED) is 0.809. The van der Waals surface area contributed by atoms with Gasteiger partial charge in [-0.15, -0.1) is 0 Å². The molecule has 1 saturated heterocycles. The average Bonchev–Trinajstić information content (AvgIpc) is 3.12. The molecule has 0 unspecified atom stereocenters. The number of amides is 4. The highest BCUT2D eigenvalue weighted by Gasteiger charge is 2.21. The van der Waals surface area contributed by atoms with Gasteiger partial charge in [0.25, 0.3) is 5.91 Å². The van der Waals surface area contributed by atoms with Crippen molar-refractivity contribution in [3.8, 4) is 0 Å². The lowest BCUT2D eigenvalue weighted by atomic mass is 10.1. The van der Waals surface area contributed by atoms with Crippen molar-refractivity contribution in [2.75, 3.05) is 29.9 Å². The zero-order valence-electron chi connectivity index (χ0n) is 16.1. The van der Waals surface area contributed by atoms with Crippen molar-refractivity contribution in [2.24, 2.45) is 0 Å². The molecule has 0 spiro atoms. The Bertz CT molecular complexity index is 879. The van der Waals surface area contributed by atoms with E-state index in [1.165, 1.54) is 0 Å². The van der Waals surface area contributed by atoms with Gasteiger partial charge < -0.3 is 15.5 Å². The molecule has 7 nitrogen and oxygen atoms in total. The lowest BCUT2D eigenvalue weighted by molar-refractivity contribution is -0.129. The van der Waals surface area contributed by atoms with E-state index in [0.717, 1.165) is 11.3 Å². The molecule has 1 fully saturated rings. The summed E-state index contributed by atoms with van der Waals surface area (Å²) in [6.07, 6.45) is 0. The van der Waals surface area contributed by atoms with Gasteiger partial charge in [0.05, 0.1) is 0 Å². The predicted octanol–water partition coefficient (Wildman–Crippen LogP) is 2.84. The van der Waals surface area contributed by atoms with Gasteiger partial charge in [0.15, 0.2) is 0 Å². The molecule has 0 aliphatic carbocycles. The van der Waals surface area contributed by atoms with Crippen LogP contribution < -0.4 is 15.5 Å². The predicted molar refractivity (Wildman–Crippen MR) is 108 cm³/mol. The largest absolute Gasteiger partial charge is 0.339 e. The second-order valence-corrected chi connectivity index (χ2v) is 6.62. The third kappa shape index (κ3) is 4.49. The highest BCUT2D eigenvalue weighted by atomic mass is 16.2. The summed E-state index contributed by atoms with van der Waals surface area (Å²) >= 11 is 0. The van der Waals surface area contributed by atoms with Gasteiger partial charge in [-0.05, 0) is 48.9 Å². The molecule has 0 radical (unpaired) electrons. The van der Waals surface area contributed by atoms with Crippen molar-refractivity contribution < 1.29 is 14.4 Å². The number of nitrogens with zero attached hydrogens (tertiary/aromatic N) is 2. The van der Waals surface area contributed by atoms with E-state index < -0.39 is 0 Å². The zero-order valence-corrected chi connectivity index (χ0v) is 16.1. The number of carbonyl (C=O) groups excluding carboxylic acids is 3. The molecule has 0 atom stereocenters. The lowest BCUT2D eigenvalue weighted by Gasteiger charge is -2.19. The first-order valence-electron chi connectivity index (χ1n) is 9.29. The Morgan fingerprint density at radius 2 is 1.93 bits per heavy atom. The monoisotopic (exact) mass is 380 g/mol. The highest BCUT2D eigenvalue weighted by Crippen LogP contribution is 2.19. The molecule has 1 heterocycles. The first-order valence-corrected chi connectivity index (χ1v) is 9.29. The molecule has 2 N–H and O–H groups in total. The normalized spacial score (nSPS) is 13.2. The van der Waals surface area contributed by atoms with Gasteiger partial charge in [0.2, 0.25) is 5.91 Å². The van der Waals surface area contributed by atoms with E-state index in [9.17, 15) is 14.4 Å². The van der Waals surface area contributed by atoms with Crippen molar-refractivity contribution in [1.29, 1.82) is 0 Å². The Kier molecular flexibility index (Phi) is 5.93. The summed E-state index contributed by atoms with van der Waals surface area (Å²) in [5, 5.41) is 5.63. The van der Waals surface area contributed by atoms with Crippen LogP contribution in [0.15, 0.2) is 48.5 Å². The Morgan fingerprint density at radius 1 is 1.18 bits per heavy atom. The number of rotatable bonds is 6. The zero-order chi connectivity index (χ0) is 20.1. The summed E-state index contributed by atoms with van der Waals surface area (Å²) in [4.78, 5) is 39.2. The molecule has 0 saturated carbocycles. The molecule has 0 aromatic heterocycles. The molecule has 2 aromatic rings. The van der Waals surface area contributed by atoms with Gasteiger partial charge in [0.1, 0.15) is 0 Å². The maximum atomic E-state index is 12.5. The van der Waals surface area contributed by atoms with Crippen LogP contribution in [-0.2, 0) is 11.3 Å². The van der Waals surface area contributed by atoms with E-state index in [2.05, 4.69) is 10.6 Å². The van der Waals surface area contributed by atoms with Gasteiger partial charge >= 0.3 is 6.03 Å². The van der Waals surface area contributed by atoms with Crippen molar-refractivity contribution in [2.45, 2.75) is 20.4 Å². The second-order valence-electron chi connectivity index (χ2n) is 6.62. The first-order chi connectivity index (χ1) is 13.5. The fraction of sp³-hybridized carbons (Fsp3) is 0.286. The Balaban J connectivity index is 1.66. The average molecular weight is 380 g/mol. The smallest absolute Gasteiger partial charge is 0.321 e. The summed E-state index contributed by atoms with van der Waals surface area (Å²) in [6, 6.07) is 14.3. The minimum atomic E-state index is -0.228. The maximum Gasteiger partial charge on any atom is 0.321 e. The molecule has 1 aliphatic heterocycles. The number of anilines is 2. The van der Waals surface area contributed by atoms with Crippen LogP contribution in [0.1, 0.15) is 29.8 Å². The molecule has 7 heteroatoms. The summed E-state index contributed by atoms with van der Waals surface area (Å²) in [7, 11) is 0. The summed E-state index contributed by atoms with van der Waals surface area (Å²) < 4.78 is 0. The van der Waals surface area contributed by atoms with Gasteiger partial charge in [-0.3, -0.25) is 14.5 Å². The van der Waals surface area contributed by atoms with E-state index in [1.54, 1.807) is 41.0 Å². The summed E-state index contributed by atoms with van der Waals surface area (Å²) in [6.45, 7) is 5.85. The molecule has 2 aromatic carbocycles.